The molecule has 0 spiro atoms. The molecule has 4 heteroatoms. The summed E-state index contributed by atoms with van der Waals surface area (Å²) in [7, 11) is 1.67. The van der Waals surface area contributed by atoms with E-state index >= 15 is 0 Å². The summed E-state index contributed by atoms with van der Waals surface area (Å²) in [5.41, 5.74) is 6.21. The number of methoxy groups -OCH3 is 1. The van der Waals surface area contributed by atoms with Gasteiger partial charge in [-0.05, 0) is 38.0 Å². The van der Waals surface area contributed by atoms with Crippen LogP contribution >= 0.6 is 0 Å². The van der Waals surface area contributed by atoms with Crippen molar-refractivity contribution in [3.63, 3.8) is 0 Å². The van der Waals surface area contributed by atoms with Crippen molar-refractivity contribution in [2.45, 2.75) is 32.0 Å². The third-order valence-corrected chi connectivity index (χ3v) is 3.01. The molecule has 3 nitrogen and oxygen atoms in total. The van der Waals surface area contributed by atoms with Gasteiger partial charge in [-0.25, -0.2) is 4.39 Å². The minimum atomic E-state index is -0.272. The topological polar surface area (TPSA) is 44.5 Å². The maximum atomic E-state index is 13.1. The molecule has 0 fully saturated rings. The van der Waals surface area contributed by atoms with E-state index < -0.39 is 0 Å². The van der Waals surface area contributed by atoms with E-state index in [1.165, 1.54) is 12.1 Å². The second kappa shape index (κ2) is 6.83. The first-order chi connectivity index (χ1) is 8.48. The van der Waals surface area contributed by atoms with Crippen LogP contribution in [0.15, 0.2) is 24.3 Å². The van der Waals surface area contributed by atoms with Gasteiger partial charge in [0.05, 0.1) is 18.3 Å². The van der Waals surface area contributed by atoms with Crippen LogP contribution in [0.1, 0.15) is 31.9 Å². The van der Waals surface area contributed by atoms with Gasteiger partial charge in [-0.1, -0.05) is 12.1 Å². The molecular weight excluding hydrogens is 233 g/mol. The van der Waals surface area contributed by atoms with E-state index in [1.807, 2.05) is 19.9 Å². The Hall–Kier alpha value is -0.970. The molecule has 102 valence electrons. The van der Waals surface area contributed by atoms with Crippen LogP contribution in [0.4, 0.5) is 4.39 Å². The van der Waals surface area contributed by atoms with Crippen LogP contribution in [0.3, 0.4) is 0 Å². The zero-order chi connectivity index (χ0) is 13.6. The summed E-state index contributed by atoms with van der Waals surface area (Å²) in [5.74, 6) is -0.272. The SMILES string of the molecule is COC(C)(C)CCOC(CN)c1cccc(F)c1. The number of hydrogen-bond donors (Lipinski definition) is 1. The first-order valence-corrected chi connectivity index (χ1v) is 6.11. The molecule has 0 aliphatic rings. The maximum Gasteiger partial charge on any atom is 0.123 e. The molecule has 1 atom stereocenters. The van der Waals surface area contributed by atoms with E-state index in [-0.39, 0.29) is 17.5 Å². The lowest BCUT2D eigenvalue weighted by molar-refractivity contribution is -0.0257. The highest BCUT2D eigenvalue weighted by molar-refractivity contribution is 5.19. The predicted molar refractivity (Wildman–Crippen MR) is 69.9 cm³/mol. The van der Waals surface area contributed by atoms with Gasteiger partial charge in [-0.2, -0.15) is 0 Å². The van der Waals surface area contributed by atoms with Crippen molar-refractivity contribution in [3.8, 4) is 0 Å². The molecule has 1 unspecified atom stereocenters. The van der Waals surface area contributed by atoms with Gasteiger partial charge in [-0.3, -0.25) is 0 Å². The molecule has 1 rings (SSSR count). The van der Waals surface area contributed by atoms with Crippen molar-refractivity contribution in [2.24, 2.45) is 5.73 Å². The molecule has 0 aliphatic carbocycles. The predicted octanol–water partition coefficient (Wildman–Crippen LogP) is 2.66. The Bertz CT molecular complexity index is 369. The molecule has 0 aromatic heterocycles. The summed E-state index contributed by atoms with van der Waals surface area (Å²) in [6.07, 6.45) is 0.489. The highest BCUT2D eigenvalue weighted by Crippen LogP contribution is 2.19. The summed E-state index contributed by atoms with van der Waals surface area (Å²) in [4.78, 5) is 0. The van der Waals surface area contributed by atoms with Gasteiger partial charge in [0, 0.05) is 13.7 Å². The van der Waals surface area contributed by atoms with E-state index in [4.69, 9.17) is 15.2 Å². The van der Waals surface area contributed by atoms with E-state index in [0.717, 1.165) is 12.0 Å². The minimum Gasteiger partial charge on any atom is -0.379 e. The number of halogens is 1. The van der Waals surface area contributed by atoms with Gasteiger partial charge in [-0.15, -0.1) is 0 Å². The molecule has 1 aromatic carbocycles. The molecule has 0 saturated carbocycles. The molecule has 2 N–H and O–H groups in total. The first kappa shape index (κ1) is 15.1. The van der Waals surface area contributed by atoms with E-state index in [1.54, 1.807) is 13.2 Å². The number of nitrogens with two attached hydrogens (primary N) is 1. The fourth-order valence-electron chi connectivity index (χ4n) is 1.56. The molecule has 0 amide bonds. The summed E-state index contributed by atoms with van der Waals surface area (Å²) in [6, 6.07) is 6.35. The largest absolute Gasteiger partial charge is 0.379 e. The molecule has 18 heavy (non-hydrogen) atoms. The fraction of sp³-hybridized carbons (Fsp3) is 0.571. The molecule has 0 saturated heterocycles. The molecule has 0 aliphatic heterocycles. The number of rotatable bonds is 7. The van der Waals surface area contributed by atoms with Crippen LogP contribution in [0, 0.1) is 5.82 Å². The normalized spacial score (nSPS) is 13.6. The van der Waals surface area contributed by atoms with Crippen molar-refractivity contribution in [1.29, 1.82) is 0 Å². The average molecular weight is 255 g/mol. The Balaban J connectivity index is 2.53. The Kier molecular flexibility index (Phi) is 5.72. The summed E-state index contributed by atoms with van der Waals surface area (Å²) in [5, 5.41) is 0. The maximum absolute atomic E-state index is 13.1. The van der Waals surface area contributed by atoms with Crippen molar-refractivity contribution in [3.05, 3.63) is 35.6 Å². The standard InChI is InChI=1S/C14H22FNO2/c1-14(2,17-3)7-8-18-13(10-16)11-5-4-6-12(15)9-11/h4-6,9,13H,7-8,10,16H2,1-3H3. The van der Waals surface area contributed by atoms with Gasteiger partial charge in [0.1, 0.15) is 5.82 Å². The van der Waals surface area contributed by atoms with Crippen molar-refractivity contribution in [1.82, 2.24) is 0 Å². The van der Waals surface area contributed by atoms with Gasteiger partial charge in [0.15, 0.2) is 0 Å². The highest BCUT2D eigenvalue weighted by atomic mass is 19.1. The average Bonchev–Trinajstić information content (AvgIpc) is 2.34. The van der Waals surface area contributed by atoms with Crippen molar-refractivity contribution >= 4 is 0 Å². The molecule has 1 aromatic rings. The Morgan fingerprint density at radius 3 is 2.67 bits per heavy atom. The van der Waals surface area contributed by atoms with Gasteiger partial charge in [0.25, 0.3) is 0 Å². The summed E-state index contributed by atoms with van der Waals surface area (Å²) < 4.78 is 24.1. The van der Waals surface area contributed by atoms with Crippen LogP contribution in [0.25, 0.3) is 0 Å². The van der Waals surface area contributed by atoms with Crippen LogP contribution in [0.5, 0.6) is 0 Å². The Morgan fingerprint density at radius 2 is 2.11 bits per heavy atom. The van der Waals surface area contributed by atoms with Gasteiger partial charge < -0.3 is 15.2 Å². The van der Waals surface area contributed by atoms with Crippen molar-refractivity contribution in [2.75, 3.05) is 20.3 Å². The lowest BCUT2D eigenvalue weighted by Gasteiger charge is -2.24. The zero-order valence-corrected chi connectivity index (χ0v) is 11.3. The highest BCUT2D eigenvalue weighted by Gasteiger charge is 2.18. The third-order valence-electron chi connectivity index (χ3n) is 3.01. The van der Waals surface area contributed by atoms with E-state index in [9.17, 15) is 4.39 Å². The molecule has 0 bridgehead atoms. The first-order valence-electron chi connectivity index (χ1n) is 6.11. The lowest BCUT2D eigenvalue weighted by atomic mass is 10.1. The summed E-state index contributed by atoms with van der Waals surface area (Å²) >= 11 is 0. The zero-order valence-electron chi connectivity index (χ0n) is 11.3. The van der Waals surface area contributed by atoms with Crippen LogP contribution < -0.4 is 5.73 Å². The lowest BCUT2D eigenvalue weighted by Crippen LogP contribution is -2.26. The number of ether oxygens (including phenoxy) is 2. The van der Waals surface area contributed by atoms with Crippen LogP contribution in [-0.4, -0.2) is 25.9 Å². The van der Waals surface area contributed by atoms with E-state index in [0.29, 0.717) is 13.2 Å². The second-order valence-corrected chi connectivity index (χ2v) is 4.86. The number of hydrogen-bond acceptors (Lipinski definition) is 3. The van der Waals surface area contributed by atoms with Crippen LogP contribution in [0.2, 0.25) is 0 Å². The smallest absolute Gasteiger partial charge is 0.123 e. The second-order valence-electron chi connectivity index (χ2n) is 4.86. The number of benzene rings is 1. The van der Waals surface area contributed by atoms with Gasteiger partial charge in [0.2, 0.25) is 0 Å². The molecular formula is C14H22FNO2. The van der Waals surface area contributed by atoms with Crippen LogP contribution in [-0.2, 0) is 9.47 Å². The molecule has 0 radical (unpaired) electrons. The minimum absolute atomic E-state index is 0.221. The monoisotopic (exact) mass is 255 g/mol. The van der Waals surface area contributed by atoms with Crippen molar-refractivity contribution < 1.29 is 13.9 Å². The Labute approximate surface area is 108 Å². The van der Waals surface area contributed by atoms with Gasteiger partial charge >= 0.3 is 0 Å². The Morgan fingerprint density at radius 1 is 1.39 bits per heavy atom. The van der Waals surface area contributed by atoms with E-state index in [2.05, 4.69) is 0 Å². The fourth-order valence-corrected chi connectivity index (χ4v) is 1.56. The summed E-state index contributed by atoms with van der Waals surface area (Å²) in [6.45, 7) is 4.85. The quantitative estimate of drug-likeness (QED) is 0.814. The molecule has 0 heterocycles. The third kappa shape index (κ3) is 4.72.